The molecule has 0 atom stereocenters. The average Bonchev–Trinajstić information content (AvgIpc) is 2.17. The minimum atomic E-state index is -0.426. The van der Waals surface area contributed by atoms with Crippen LogP contribution in [0.1, 0.15) is 36.7 Å². The highest BCUT2D eigenvalue weighted by Crippen LogP contribution is 2.24. The highest BCUT2D eigenvalue weighted by atomic mass is 32.2. The predicted octanol–water partition coefficient (Wildman–Crippen LogP) is 3.85. The molecule has 3 heteroatoms. The number of hydrogen-bond donors (Lipinski definition) is 0. The minimum absolute atomic E-state index is 0.0238. The maximum atomic E-state index is 13.4. The Morgan fingerprint density at radius 2 is 2.00 bits per heavy atom. The Balaban J connectivity index is 2.77. The second-order valence-corrected chi connectivity index (χ2v) is 6.61. The van der Waals surface area contributed by atoms with Crippen molar-refractivity contribution in [1.29, 1.82) is 0 Å². The number of aryl methyl sites for hydroxylation is 1. The molecule has 0 spiro atoms. The van der Waals surface area contributed by atoms with Crippen molar-refractivity contribution in [3.63, 3.8) is 0 Å². The average molecular weight is 240 g/mol. The summed E-state index contributed by atoms with van der Waals surface area (Å²) in [5.74, 6) is -0.240. The lowest BCUT2D eigenvalue weighted by Gasteiger charge is -2.16. The first-order valence-corrected chi connectivity index (χ1v) is 6.21. The van der Waals surface area contributed by atoms with Crippen LogP contribution in [0.2, 0.25) is 0 Å². The molecular weight excluding hydrogens is 223 g/mol. The summed E-state index contributed by atoms with van der Waals surface area (Å²) in [6.07, 6.45) is 0. The molecule has 0 heterocycles. The van der Waals surface area contributed by atoms with Crippen LogP contribution in [-0.4, -0.2) is 16.3 Å². The first kappa shape index (κ1) is 13.2. The molecule has 0 saturated heterocycles. The van der Waals surface area contributed by atoms with Gasteiger partial charge >= 0.3 is 0 Å². The highest BCUT2D eigenvalue weighted by Gasteiger charge is 2.16. The third kappa shape index (κ3) is 3.97. The lowest BCUT2D eigenvalue weighted by atomic mass is 10.1. The summed E-state index contributed by atoms with van der Waals surface area (Å²) in [6.45, 7) is 7.97. The predicted molar refractivity (Wildman–Crippen MR) is 67.7 cm³/mol. The molecule has 0 aliphatic heterocycles. The van der Waals surface area contributed by atoms with Gasteiger partial charge in [0.1, 0.15) is 5.82 Å². The van der Waals surface area contributed by atoms with E-state index < -0.39 is 5.82 Å². The normalized spacial score (nSPS) is 11.6. The fraction of sp³-hybridized carbons (Fsp3) is 0.462. The summed E-state index contributed by atoms with van der Waals surface area (Å²) < 4.78 is 13.4. The molecule has 0 N–H and O–H groups in total. The van der Waals surface area contributed by atoms with Crippen molar-refractivity contribution in [2.75, 3.05) is 5.75 Å². The molecule has 0 aromatic heterocycles. The summed E-state index contributed by atoms with van der Waals surface area (Å²) >= 11 is 1.53. The van der Waals surface area contributed by atoms with Crippen molar-refractivity contribution in [1.82, 2.24) is 0 Å². The summed E-state index contributed by atoms with van der Waals surface area (Å²) in [7, 11) is 0. The monoisotopic (exact) mass is 240 g/mol. The van der Waals surface area contributed by atoms with Gasteiger partial charge < -0.3 is 0 Å². The van der Waals surface area contributed by atoms with E-state index in [0.717, 1.165) is 5.56 Å². The van der Waals surface area contributed by atoms with Crippen molar-refractivity contribution in [3.05, 3.63) is 35.1 Å². The van der Waals surface area contributed by atoms with Gasteiger partial charge in [-0.1, -0.05) is 32.4 Å². The van der Waals surface area contributed by atoms with Crippen LogP contribution in [-0.2, 0) is 0 Å². The van der Waals surface area contributed by atoms with Crippen LogP contribution >= 0.6 is 11.8 Å². The zero-order valence-corrected chi connectivity index (χ0v) is 11.0. The Morgan fingerprint density at radius 3 is 2.56 bits per heavy atom. The smallest absolute Gasteiger partial charge is 0.175 e. The maximum absolute atomic E-state index is 13.4. The van der Waals surface area contributed by atoms with Gasteiger partial charge in [-0.3, -0.25) is 4.79 Å². The molecule has 0 bridgehead atoms. The van der Waals surface area contributed by atoms with E-state index in [1.165, 1.54) is 17.8 Å². The third-order valence-corrected chi connectivity index (χ3v) is 3.33. The van der Waals surface area contributed by atoms with Gasteiger partial charge in [-0.05, 0) is 19.1 Å². The van der Waals surface area contributed by atoms with Crippen LogP contribution in [0.15, 0.2) is 18.2 Å². The van der Waals surface area contributed by atoms with Crippen LogP contribution in [0.4, 0.5) is 4.39 Å². The molecule has 1 rings (SSSR count). The van der Waals surface area contributed by atoms with Crippen LogP contribution in [0.25, 0.3) is 0 Å². The molecule has 1 aromatic carbocycles. The SMILES string of the molecule is Cc1ccc(F)c(C(=O)CSC(C)(C)C)c1. The van der Waals surface area contributed by atoms with Gasteiger partial charge in [0.2, 0.25) is 0 Å². The van der Waals surface area contributed by atoms with Crippen LogP contribution in [0.3, 0.4) is 0 Å². The van der Waals surface area contributed by atoms with Crippen LogP contribution < -0.4 is 0 Å². The number of ketones is 1. The minimum Gasteiger partial charge on any atom is -0.293 e. The van der Waals surface area contributed by atoms with E-state index in [4.69, 9.17) is 0 Å². The van der Waals surface area contributed by atoms with Gasteiger partial charge in [-0.25, -0.2) is 4.39 Å². The Hall–Kier alpha value is -0.830. The molecule has 0 aliphatic rings. The third-order valence-electron chi connectivity index (χ3n) is 2.06. The molecule has 16 heavy (non-hydrogen) atoms. The van der Waals surface area contributed by atoms with Crippen LogP contribution in [0.5, 0.6) is 0 Å². The molecule has 0 unspecified atom stereocenters. The maximum Gasteiger partial charge on any atom is 0.175 e. The molecule has 0 fully saturated rings. The van der Waals surface area contributed by atoms with Crippen molar-refractivity contribution in [2.24, 2.45) is 0 Å². The molecule has 1 nitrogen and oxygen atoms in total. The van der Waals surface area contributed by atoms with E-state index in [9.17, 15) is 9.18 Å². The van der Waals surface area contributed by atoms with Gasteiger partial charge in [0, 0.05) is 4.75 Å². The Labute approximate surface area is 100 Å². The van der Waals surface area contributed by atoms with Gasteiger partial charge in [-0.15, -0.1) is 11.8 Å². The van der Waals surface area contributed by atoms with Gasteiger partial charge in [-0.2, -0.15) is 0 Å². The lowest BCUT2D eigenvalue weighted by molar-refractivity contribution is 0.101. The number of rotatable bonds is 3. The standard InChI is InChI=1S/C13H17FOS/c1-9-5-6-11(14)10(7-9)12(15)8-16-13(2,3)4/h5-7H,8H2,1-4H3. The Morgan fingerprint density at radius 1 is 1.38 bits per heavy atom. The number of benzene rings is 1. The number of thioether (sulfide) groups is 1. The molecule has 0 radical (unpaired) electrons. The number of halogens is 1. The van der Waals surface area contributed by atoms with E-state index in [-0.39, 0.29) is 16.1 Å². The van der Waals surface area contributed by atoms with Gasteiger partial charge in [0.05, 0.1) is 11.3 Å². The summed E-state index contributed by atoms with van der Waals surface area (Å²) in [6, 6.07) is 4.63. The van der Waals surface area contributed by atoms with Crippen molar-refractivity contribution in [2.45, 2.75) is 32.4 Å². The Kier molecular flexibility index (Phi) is 4.14. The number of hydrogen-bond acceptors (Lipinski definition) is 2. The number of Topliss-reactive ketones (excluding diaryl/α,β-unsaturated/α-hetero) is 1. The van der Waals surface area contributed by atoms with E-state index in [1.807, 2.05) is 27.7 Å². The molecule has 0 aliphatic carbocycles. The van der Waals surface area contributed by atoms with E-state index in [2.05, 4.69) is 0 Å². The number of carbonyl (C=O) groups is 1. The van der Waals surface area contributed by atoms with Crippen molar-refractivity contribution >= 4 is 17.5 Å². The first-order valence-electron chi connectivity index (χ1n) is 5.23. The zero-order chi connectivity index (χ0) is 12.3. The zero-order valence-electron chi connectivity index (χ0n) is 10.1. The van der Waals surface area contributed by atoms with Crippen molar-refractivity contribution < 1.29 is 9.18 Å². The van der Waals surface area contributed by atoms with E-state index in [0.29, 0.717) is 5.75 Å². The summed E-state index contributed by atoms with van der Waals surface area (Å²) in [5.41, 5.74) is 1.11. The molecular formula is C13H17FOS. The summed E-state index contributed by atoms with van der Waals surface area (Å²) in [4.78, 5) is 11.8. The van der Waals surface area contributed by atoms with Gasteiger partial charge in [0.15, 0.2) is 5.78 Å². The second-order valence-electron chi connectivity index (χ2n) is 4.81. The van der Waals surface area contributed by atoms with E-state index >= 15 is 0 Å². The molecule has 1 aromatic rings. The van der Waals surface area contributed by atoms with Gasteiger partial charge in [0.25, 0.3) is 0 Å². The summed E-state index contributed by atoms with van der Waals surface area (Å²) in [5, 5.41) is 0. The van der Waals surface area contributed by atoms with Crippen molar-refractivity contribution in [3.8, 4) is 0 Å². The fourth-order valence-electron chi connectivity index (χ4n) is 1.21. The quantitative estimate of drug-likeness (QED) is 0.746. The lowest BCUT2D eigenvalue weighted by Crippen LogP contribution is -2.14. The largest absolute Gasteiger partial charge is 0.293 e. The molecule has 0 amide bonds. The second kappa shape index (κ2) is 5.00. The Bertz CT molecular complexity index is 393. The van der Waals surface area contributed by atoms with E-state index in [1.54, 1.807) is 12.1 Å². The highest BCUT2D eigenvalue weighted by molar-refractivity contribution is 8.01. The molecule has 0 saturated carbocycles. The topological polar surface area (TPSA) is 17.1 Å². The first-order chi connectivity index (χ1) is 7.29. The molecule has 88 valence electrons. The van der Waals surface area contributed by atoms with Crippen LogP contribution in [0, 0.1) is 12.7 Å². The number of carbonyl (C=O) groups excluding carboxylic acids is 1. The fourth-order valence-corrected chi connectivity index (χ4v) is 1.93.